The van der Waals surface area contributed by atoms with Crippen molar-refractivity contribution in [2.45, 2.75) is 12.5 Å². The number of thiophene rings is 1. The predicted molar refractivity (Wildman–Crippen MR) is 57.7 cm³/mol. The fourth-order valence-electron chi connectivity index (χ4n) is 1.10. The van der Waals surface area contributed by atoms with Gasteiger partial charge >= 0.3 is 0 Å². The quantitative estimate of drug-likeness (QED) is 0.725. The van der Waals surface area contributed by atoms with Crippen molar-refractivity contribution in [1.82, 2.24) is 10.4 Å². The van der Waals surface area contributed by atoms with Gasteiger partial charge in [-0.15, -0.1) is 11.3 Å². The maximum Gasteiger partial charge on any atom is 0.236 e. The summed E-state index contributed by atoms with van der Waals surface area (Å²) in [6.45, 7) is 0. The van der Waals surface area contributed by atoms with E-state index in [4.69, 9.17) is 5.73 Å². The van der Waals surface area contributed by atoms with Crippen molar-refractivity contribution < 1.29 is 4.79 Å². The van der Waals surface area contributed by atoms with Crippen molar-refractivity contribution in [2.75, 3.05) is 14.1 Å². The van der Waals surface area contributed by atoms with Crippen molar-refractivity contribution in [2.24, 2.45) is 5.73 Å². The van der Waals surface area contributed by atoms with Crippen LogP contribution in [0.25, 0.3) is 0 Å². The van der Waals surface area contributed by atoms with Crippen molar-refractivity contribution in [3.05, 3.63) is 22.4 Å². The Morgan fingerprint density at radius 3 is 2.93 bits per heavy atom. The second-order valence-electron chi connectivity index (χ2n) is 3.26. The van der Waals surface area contributed by atoms with E-state index in [2.05, 4.69) is 5.43 Å². The first kappa shape index (κ1) is 11.2. The summed E-state index contributed by atoms with van der Waals surface area (Å²) in [5.41, 5.74) is 8.50. The van der Waals surface area contributed by atoms with Crippen molar-refractivity contribution in [1.29, 1.82) is 0 Å². The Morgan fingerprint density at radius 1 is 1.71 bits per heavy atom. The van der Waals surface area contributed by atoms with E-state index in [1.807, 2.05) is 17.5 Å². The number of hydrogen-bond donors (Lipinski definition) is 2. The topological polar surface area (TPSA) is 58.4 Å². The highest BCUT2D eigenvalue weighted by atomic mass is 32.1. The number of amides is 1. The van der Waals surface area contributed by atoms with Crippen LogP contribution < -0.4 is 11.2 Å². The lowest BCUT2D eigenvalue weighted by atomic mass is 10.2. The molecule has 1 unspecified atom stereocenters. The summed E-state index contributed by atoms with van der Waals surface area (Å²) in [5.74, 6) is -0.0594. The zero-order valence-electron chi connectivity index (χ0n) is 8.36. The van der Waals surface area contributed by atoms with Gasteiger partial charge in [0, 0.05) is 31.4 Å². The minimum Gasteiger partial charge on any atom is -0.323 e. The van der Waals surface area contributed by atoms with E-state index in [9.17, 15) is 4.79 Å². The first-order chi connectivity index (χ1) is 6.59. The third-order valence-corrected chi connectivity index (χ3v) is 2.67. The highest BCUT2D eigenvalue weighted by Crippen LogP contribution is 2.19. The summed E-state index contributed by atoms with van der Waals surface area (Å²) in [5, 5.41) is 3.57. The van der Waals surface area contributed by atoms with Gasteiger partial charge in [0.1, 0.15) is 0 Å². The molecular weight excluding hydrogens is 198 g/mol. The van der Waals surface area contributed by atoms with Gasteiger partial charge in [0.05, 0.1) is 0 Å². The molecule has 14 heavy (non-hydrogen) atoms. The zero-order valence-corrected chi connectivity index (χ0v) is 9.17. The van der Waals surface area contributed by atoms with Crippen molar-refractivity contribution >= 4 is 17.2 Å². The monoisotopic (exact) mass is 213 g/mol. The number of hydrazine groups is 1. The number of carbonyl (C=O) groups is 1. The lowest BCUT2D eigenvalue weighted by Gasteiger charge is -2.14. The summed E-state index contributed by atoms with van der Waals surface area (Å²) < 4.78 is 0. The van der Waals surface area contributed by atoms with Gasteiger partial charge < -0.3 is 5.73 Å². The molecule has 0 aromatic carbocycles. The number of nitrogens with two attached hydrogens (primary N) is 1. The molecule has 0 radical (unpaired) electrons. The fraction of sp³-hybridized carbons (Fsp3) is 0.444. The third kappa shape index (κ3) is 3.45. The molecule has 0 aliphatic rings. The average molecular weight is 213 g/mol. The Bertz CT molecular complexity index is 284. The molecule has 5 heteroatoms. The molecule has 1 heterocycles. The molecule has 4 nitrogen and oxygen atoms in total. The van der Waals surface area contributed by atoms with E-state index >= 15 is 0 Å². The van der Waals surface area contributed by atoms with Crippen LogP contribution in [0.2, 0.25) is 0 Å². The van der Waals surface area contributed by atoms with E-state index < -0.39 is 0 Å². The van der Waals surface area contributed by atoms with Crippen LogP contribution in [0.1, 0.15) is 17.3 Å². The Labute approximate surface area is 87.7 Å². The Hall–Kier alpha value is -0.910. The lowest BCUT2D eigenvalue weighted by molar-refractivity contribution is -0.125. The van der Waals surface area contributed by atoms with Gasteiger partial charge in [-0.1, -0.05) is 6.07 Å². The summed E-state index contributed by atoms with van der Waals surface area (Å²) in [7, 11) is 3.54. The molecule has 1 aromatic heterocycles. The second kappa shape index (κ2) is 5.09. The highest BCUT2D eigenvalue weighted by molar-refractivity contribution is 7.10. The molecule has 78 valence electrons. The smallest absolute Gasteiger partial charge is 0.236 e. The summed E-state index contributed by atoms with van der Waals surface area (Å²) in [6.07, 6.45) is 0.318. The number of carbonyl (C=O) groups excluding carboxylic acids is 1. The number of hydrogen-bond acceptors (Lipinski definition) is 4. The van der Waals surface area contributed by atoms with Gasteiger partial charge in [-0.25, -0.2) is 5.01 Å². The largest absolute Gasteiger partial charge is 0.323 e. The molecule has 0 aliphatic heterocycles. The average Bonchev–Trinajstić information content (AvgIpc) is 2.53. The maximum absolute atomic E-state index is 11.3. The highest BCUT2D eigenvalue weighted by Gasteiger charge is 2.12. The normalized spacial score (nSPS) is 12.9. The molecule has 0 bridgehead atoms. The number of nitrogens with zero attached hydrogens (tertiary/aromatic N) is 1. The molecule has 1 aromatic rings. The first-order valence-corrected chi connectivity index (χ1v) is 5.23. The van der Waals surface area contributed by atoms with E-state index in [0.29, 0.717) is 6.42 Å². The fourth-order valence-corrected chi connectivity index (χ4v) is 1.83. The molecule has 1 atom stereocenters. The molecule has 3 N–H and O–H groups in total. The van der Waals surface area contributed by atoms with Crippen LogP contribution >= 0.6 is 11.3 Å². The number of rotatable bonds is 4. The maximum atomic E-state index is 11.3. The van der Waals surface area contributed by atoms with Crippen LogP contribution in [0.3, 0.4) is 0 Å². The second-order valence-corrected chi connectivity index (χ2v) is 4.23. The lowest BCUT2D eigenvalue weighted by Crippen LogP contribution is -2.37. The van der Waals surface area contributed by atoms with Crippen molar-refractivity contribution in [3.8, 4) is 0 Å². The molecule has 0 spiro atoms. The van der Waals surface area contributed by atoms with Crippen molar-refractivity contribution in [3.63, 3.8) is 0 Å². The zero-order chi connectivity index (χ0) is 10.6. The van der Waals surface area contributed by atoms with Gasteiger partial charge in [-0.2, -0.15) is 0 Å². The summed E-state index contributed by atoms with van der Waals surface area (Å²) >= 11 is 1.57. The molecule has 0 saturated heterocycles. The van der Waals surface area contributed by atoms with E-state index in [0.717, 1.165) is 4.88 Å². The molecule has 1 rings (SSSR count). The number of nitrogens with one attached hydrogen (secondary N) is 1. The minimum atomic E-state index is -0.199. The van der Waals surface area contributed by atoms with Crippen LogP contribution in [0.5, 0.6) is 0 Å². The van der Waals surface area contributed by atoms with Gasteiger partial charge in [-0.3, -0.25) is 10.2 Å². The van der Waals surface area contributed by atoms with Crippen LogP contribution in [0.4, 0.5) is 0 Å². The molecular formula is C9H15N3OS. The van der Waals surface area contributed by atoms with E-state index in [1.165, 1.54) is 0 Å². The molecule has 1 amide bonds. The Morgan fingerprint density at radius 2 is 2.43 bits per heavy atom. The van der Waals surface area contributed by atoms with E-state index in [1.54, 1.807) is 30.4 Å². The van der Waals surface area contributed by atoms with Crippen LogP contribution in [-0.2, 0) is 4.79 Å². The first-order valence-electron chi connectivity index (χ1n) is 4.35. The van der Waals surface area contributed by atoms with Gasteiger partial charge in [0.2, 0.25) is 5.91 Å². The Kier molecular flexibility index (Phi) is 4.06. The summed E-state index contributed by atoms with van der Waals surface area (Å²) in [4.78, 5) is 12.4. The summed E-state index contributed by atoms with van der Waals surface area (Å²) in [6, 6.07) is 3.68. The van der Waals surface area contributed by atoms with Crippen LogP contribution in [0, 0.1) is 0 Å². The predicted octanol–water partition coefficient (Wildman–Crippen LogP) is 0.731. The molecule has 0 aliphatic carbocycles. The minimum absolute atomic E-state index is 0.0594. The van der Waals surface area contributed by atoms with Gasteiger partial charge in [0.25, 0.3) is 0 Å². The van der Waals surface area contributed by atoms with Gasteiger partial charge in [0.15, 0.2) is 0 Å². The SMILES string of the molecule is CN(C)NC(=O)CC(N)c1cccs1. The third-order valence-electron chi connectivity index (χ3n) is 1.66. The Balaban J connectivity index is 2.41. The van der Waals surface area contributed by atoms with E-state index in [-0.39, 0.29) is 11.9 Å². The molecule has 0 saturated carbocycles. The molecule has 0 fully saturated rings. The standard InChI is InChI=1S/C9H15N3OS/c1-12(2)11-9(13)6-7(10)8-4-3-5-14-8/h3-5,7H,6,10H2,1-2H3,(H,11,13). The van der Waals surface area contributed by atoms with Gasteiger partial charge in [-0.05, 0) is 11.4 Å². The van der Waals surface area contributed by atoms with Crippen LogP contribution in [-0.4, -0.2) is 25.0 Å². The van der Waals surface area contributed by atoms with Crippen LogP contribution in [0.15, 0.2) is 17.5 Å².